The number of rotatable bonds is 6. The Balaban J connectivity index is 1.05. The minimum Gasteiger partial charge on any atom is -0.441 e. The highest BCUT2D eigenvalue weighted by molar-refractivity contribution is 6.01. The third-order valence-electron chi connectivity index (χ3n) is 13.6. The fourth-order valence-corrected chi connectivity index (χ4v) is 10.8. The zero-order chi connectivity index (χ0) is 33.8. The van der Waals surface area contributed by atoms with Gasteiger partial charge in [-0.3, -0.25) is 14.4 Å². The highest BCUT2D eigenvalue weighted by atomic mass is 19.1. The fraction of sp³-hybridized carbons (Fsp3) is 0.784. The Morgan fingerprint density at radius 1 is 0.957 bits per heavy atom. The fourth-order valence-electron chi connectivity index (χ4n) is 10.8. The van der Waals surface area contributed by atoms with Crippen LogP contribution in [-0.4, -0.2) is 69.8 Å². The number of fused-ring (bicyclic) bond motifs is 5. The number of ether oxygens (including phenoxy) is 1. The number of alkyl carbamates (subject to hydrolysis) is 1. The molecule has 5 fully saturated rings. The van der Waals surface area contributed by atoms with Crippen molar-refractivity contribution in [2.45, 2.75) is 140 Å². The van der Waals surface area contributed by atoms with Gasteiger partial charge in [0.15, 0.2) is 18.1 Å². The monoisotopic (exact) mass is 656 g/mol. The largest absolute Gasteiger partial charge is 0.441 e. The summed E-state index contributed by atoms with van der Waals surface area (Å²) in [4.78, 5) is 51.5. The van der Waals surface area contributed by atoms with Gasteiger partial charge in [0.05, 0.1) is 6.10 Å². The lowest BCUT2D eigenvalue weighted by molar-refractivity contribution is -0.219. The van der Waals surface area contributed by atoms with E-state index < -0.39 is 64.4 Å². The molecule has 0 spiro atoms. The average Bonchev–Trinajstić information content (AvgIpc) is 3.19. The van der Waals surface area contributed by atoms with E-state index in [0.717, 1.165) is 25.7 Å². The Hall–Kier alpha value is -2.59. The van der Waals surface area contributed by atoms with Gasteiger partial charge in [-0.05, 0) is 95.1 Å². The molecule has 6 aliphatic carbocycles. The zero-order valence-electron chi connectivity index (χ0n) is 28.2. The van der Waals surface area contributed by atoms with Crippen LogP contribution in [0, 0.1) is 34.5 Å². The molecule has 8 atom stereocenters. The molecule has 0 aromatic rings. The van der Waals surface area contributed by atoms with Gasteiger partial charge in [-0.15, -0.1) is 0 Å². The van der Waals surface area contributed by atoms with Crippen molar-refractivity contribution in [2.24, 2.45) is 34.5 Å². The van der Waals surface area contributed by atoms with Crippen LogP contribution < -0.4 is 10.6 Å². The number of amides is 2. The molecule has 10 heteroatoms. The topological polar surface area (TPSA) is 142 Å². The molecule has 5 saturated carbocycles. The van der Waals surface area contributed by atoms with Crippen molar-refractivity contribution in [3.8, 4) is 0 Å². The number of hydrogen-bond donors (Lipinski definition) is 4. The number of aliphatic hydroxyl groups is 2. The van der Waals surface area contributed by atoms with Crippen LogP contribution in [-0.2, 0) is 19.1 Å². The summed E-state index contributed by atoms with van der Waals surface area (Å²) < 4.78 is 22.8. The molecule has 260 valence electrons. The third-order valence-corrected chi connectivity index (χ3v) is 13.6. The first-order valence-electron chi connectivity index (χ1n) is 18.0. The molecule has 0 radical (unpaired) electrons. The molecule has 4 N–H and O–H groups in total. The van der Waals surface area contributed by atoms with Crippen LogP contribution in [0.5, 0.6) is 0 Å². The molecular formula is C37H53FN2O7. The minimum atomic E-state index is -2.06. The van der Waals surface area contributed by atoms with E-state index in [9.17, 15) is 29.4 Å². The first-order chi connectivity index (χ1) is 22.2. The van der Waals surface area contributed by atoms with E-state index in [1.165, 1.54) is 25.0 Å². The standard InChI is InChI=1S/C37H53FN2O7/c1-22-18-29-28-15-12-24-19-27(41)16-17-34(24,2)36(28,38)30(42)20-35(29,3)37(22,46)31(43)21-47-33(45)40-26-13-10-23(11-14-26)32(44)39-25-8-6-4-5-7-9-25/h16-17,19,22-23,25-26,28-30,42,46H,4-15,18,20-21H2,1-3H3,(H,39,44)(H,40,45)/t22-,23?,26?,28+,29+,30+,34+,35+,36+,37+/m1/s1. The number of nitrogens with one attached hydrogen (secondary N) is 2. The number of halogens is 1. The molecule has 0 aromatic carbocycles. The normalized spacial score (nSPS) is 43.4. The summed E-state index contributed by atoms with van der Waals surface area (Å²) in [5, 5.41) is 29.8. The molecule has 0 saturated heterocycles. The van der Waals surface area contributed by atoms with Gasteiger partial charge in [0.25, 0.3) is 0 Å². The third kappa shape index (κ3) is 5.59. The molecule has 6 aliphatic rings. The van der Waals surface area contributed by atoms with Crippen molar-refractivity contribution < 1.29 is 38.5 Å². The Bertz CT molecular complexity index is 1330. The lowest BCUT2D eigenvalue weighted by atomic mass is 9.44. The van der Waals surface area contributed by atoms with Gasteiger partial charge in [0, 0.05) is 34.7 Å². The Labute approximate surface area is 277 Å². The maximum atomic E-state index is 17.4. The van der Waals surface area contributed by atoms with E-state index in [4.69, 9.17) is 4.74 Å². The van der Waals surface area contributed by atoms with E-state index >= 15 is 4.39 Å². The molecule has 0 bridgehead atoms. The zero-order valence-corrected chi connectivity index (χ0v) is 28.2. The highest BCUT2D eigenvalue weighted by Gasteiger charge is 2.75. The summed E-state index contributed by atoms with van der Waals surface area (Å²) in [6.07, 6.45) is 12.8. The van der Waals surface area contributed by atoms with Crippen molar-refractivity contribution in [1.82, 2.24) is 10.6 Å². The number of hydrogen-bond acceptors (Lipinski definition) is 7. The van der Waals surface area contributed by atoms with Crippen LogP contribution in [0.4, 0.5) is 9.18 Å². The second-order valence-electron chi connectivity index (χ2n) is 16.1. The Kier molecular flexibility index (Phi) is 9.26. The Morgan fingerprint density at radius 2 is 1.62 bits per heavy atom. The maximum Gasteiger partial charge on any atom is 0.407 e. The van der Waals surface area contributed by atoms with Gasteiger partial charge in [-0.2, -0.15) is 0 Å². The number of carbonyl (C=O) groups is 4. The summed E-state index contributed by atoms with van der Waals surface area (Å²) in [7, 11) is 0. The molecule has 47 heavy (non-hydrogen) atoms. The first kappa shape index (κ1) is 34.3. The van der Waals surface area contributed by atoms with Crippen molar-refractivity contribution in [3.63, 3.8) is 0 Å². The van der Waals surface area contributed by atoms with Crippen LogP contribution >= 0.6 is 0 Å². The molecule has 9 nitrogen and oxygen atoms in total. The van der Waals surface area contributed by atoms with Gasteiger partial charge in [0.2, 0.25) is 11.7 Å². The van der Waals surface area contributed by atoms with Gasteiger partial charge < -0.3 is 25.6 Å². The smallest absolute Gasteiger partial charge is 0.407 e. The number of ketones is 2. The second kappa shape index (κ2) is 12.7. The van der Waals surface area contributed by atoms with Gasteiger partial charge in [-0.25, -0.2) is 9.18 Å². The van der Waals surface area contributed by atoms with Crippen LogP contribution in [0.25, 0.3) is 0 Å². The summed E-state index contributed by atoms with van der Waals surface area (Å²) in [6.45, 7) is 4.64. The van der Waals surface area contributed by atoms with Crippen molar-refractivity contribution in [3.05, 3.63) is 23.8 Å². The van der Waals surface area contributed by atoms with E-state index in [0.29, 0.717) is 50.5 Å². The van der Waals surface area contributed by atoms with Crippen LogP contribution in [0.15, 0.2) is 23.8 Å². The number of allylic oxidation sites excluding steroid dienone is 4. The lowest BCUT2D eigenvalue weighted by Gasteiger charge is -2.62. The molecule has 0 aromatic heterocycles. The lowest BCUT2D eigenvalue weighted by Crippen LogP contribution is -2.69. The van der Waals surface area contributed by atoms with E-state index in [-0.39, 0.29) is 36.1 Å². The summed E-state index contributed by atoms with van der Waals surface area (Å²) >= 11 is 0. The molecule has 2 amide bonds. The average molecular weight is 657 g/mol. The summed E-state index contributed by atoms with van der Waals surface area (Å²) in [6, 6.07) is 0.0912. The van der Waals surface area contributed by atoms with Crippen molar-refractivity contribution in [1.29, 1.82) is 0 Å². The molecule has 0 aliphatic heterocycles. The molecule has 0 heterocycles. The van der Waals surface area contributed by atoms with Crippen LogP contribution in [0.2, 0.25) is 0 Å². The molecular weight excluding hydrogens is 603 g/mol. The second-order valence-corrected chi connectivity index (χ2v) is 16.1. The number of aliphatic hydroxyl groups excluding tert-OH is 1. The van der Waals surface area contributed by atoms with Gasteiger partial charge in [0.1, 0.15) is 5.60 Å². The quantitative estimate of drug-likeness (QED) is 0.294. The van der Waals surface area contributed by atoms with E-state index in [1.54, 1.807) is 26.8 Å². The van der Waals surface area contributed by atoms with Crippen LogP contribution in [0.1, 0.15) is 111 Å². The number of alkyl halides is 1. The Morgan fingerprint density at radius 3 is 2.30 bits per heavy atom. The van der Waals surface area contributed by atoms with E-state index in [2.05, 4.69) is 10.6 Å². The van der Waals surface area contributed by atoms with Crippen molar-refractivity contribution in [2.75, 3.05) is 6.61 Å². The summed E-state index contributed by atoms with van der Waals surface area (Å²) in [5.74, 6) is -2.36. The van der Waals surface area contributed by atoms with E-state index in [1.807, 2.05) is 0 Å². The number of carbonyl (C=O) groups excluding carboxylic acids is 4. The van der Waals surface area contributed by atoms with Gasteiger partial charge in [-0.1, -0.05) is 51.2 Å². The predicted molar refractivity (Wildman–Crippen MR) is 173 cm³/mol. The molecule has 6 rings (SSSR count). The van der Waals surface area contributed by atoms with Crippen molar-refractivity contribution >= 4 is 23.6 Å². The SMILES string of the molecule is C[C@@H]1C[C@H]2[C@@H]3CCC4=CC(=O)C=C[C@]4(C)[C@@]3(F)[C@@H](O)C[C@]2(C)[C@@]1(O)C(=O)COC(=O)NC1CCC(C(=O)NC2CCCCCC2)CC1. The highest BCUT2D eigenvalue weighted by Crippen LogP contribution is 2.70. The number of Topliss-reactive ketones (excluding diaryl/α,β-unsaturated/α-hetero) is 1. The molecule has 0 unspecified atom stereocenters. The van der Waals surface area contributed by atoms with Crippen LogP contribution in [0.3, 0.4) is 0 Å². The first-order valence-corrected chi connectivity index (χ1v) is 18.0. The maximum absolute atomic E-state index is 17.4. The minimum absolute atomic E-state index is 0.0689. The van der Waals surface area contributed by atoms with Gasteiger partial charge >= 0.3 is 6.09 Å². The summed E-state index contributed by atoms with van der Waals surface area (Å²) in [5.41, 5.74) is -5.59. The predicted octanol–water partition coefficient (Wildman–Crippen LogP) is 5.03.